The molecule has 5 heteroatoms. The lowest BCUT2D eigenvalue weighted by Crippen LogP contribution is -2.36. The summed E-state index contributed by atoms with van der Waals surface area (Å²) in [7, 11) is 1.33. The molecule has 0 saturated carbocycles. The van der Waals surface area contributed by atoms with Gasteiger partial charge in [-0.05, 0) is 31.0 Å². The molecule has 1 aliphatic rings. The summed E-state index contributed by atoms with van der Waals surface area (Å²) in [6.45, 7) is 2.06. The van der Waals surface area contributed by atoms with Gasteiger partial charge < -0.3 is 14.8 Å². The Morgan fingerprint density at radius 2 is 2.26 bits per heavy atom. The van der Waals surface area contributed by atoms with Crippen molar-refractivity contribution in [1.29, 1.82) is 0 Å². The fraction of sp³-hybridized carbons (Fsp3) is 0.429. The Balaban J connectivity index is 2.20. The van der Waals surface area contributed by atoms with Crippen LogP contribution in [-0.2, 0) is 9.53 Å². The first-order chi connectivity index (χ1) is 9.15. The van der Waals surface area contributed by atoms with Gasteiger partial charge >= 0.3 is 5.97 Å². The summed E-state index contributed by atoms with van der Waals surface area (Å²) >= 11 is 0. The van der Waals surface area contributed by atoms with Crippen LogP contribution in [0.25, 0.3) is 0 Å². The lowest BCUT2D eigenvalue weighted by Gasteiger charge is -2.26. The van der Waals surface area contributed by atoms with Crippen LogP contribution in [0.5, 0.6) is 5.75 Å². The molecular formula is C14H17NO4. The topological polar surface area (TPSA) is 64.6 Å². The van der Waals surface area contributed by atoms with Crippen molar-refractivity contribution < 1.29 is 19.1 Å². The zero-order valence-electron chi connectivity index (χ0n) is 11.1. The SMILES string of the molecule is CCCCC1Oc2cc(C(=O)OC)ccc2NC1=O. The number of esters is 1. The van der Waals surface area contributed by atoms with E-state index in [0.717, 1.165) is 12.8 Å². The van der Waals surface area contributed by atoms with Gasteiger partial charge in [-0.3, -0.25) is 4.79 Å². The highest BCUT2D eigenvalue weighted by Gasteiger charge is 2.27. The fourth-order valence-corrected chi connectivity index (χ4v) is 1.97. The molecule has 1 aromatic carbocycles. The van der Waals surface area contributed by atoms with Crippen molar-refractivity contribution >= 4 is 17.6 Å². The van der Waals surface area contributed by atoms with E-state index in [-0.39, 0.29) is 5.91 Å². The minimum atomic E-state index is -0.486. The van der Waals surface area contributed by atoms with E-state index in [9.17, 15) is 9.59 Å². The van der Waals surface area contributed by atoms with Gasteiger partial charge in [-0.25, -0.2) is 4.79 Å². The van der Waals surface area contributed by atoms with Gasteiger partial charge in [0.05, 0.1) is 18.4 Å². The van der Waals surface area contributed by atoms with E-state index < -0.39 is 12.1 Å². The molecule has 1 aromatic rings. The number of ether oxygens (including phenoxy) is 2. The second-order valence-corrected chi connectivity index (χ2v) is 4.44. The summed E-state index contributed by atoms with van der Waals surface area (Å²) in [5.41, 5.74) is 0.997. The standard InChI is InChI=1S/C14H17NO4/c1-3-4-5-11-13(16)15-10-7-6-9(14(17)18-2)8-12(10)19-11/h6-8,11H,3-5H2,1-2H3,(H,15,16). The van der Waals surface area contributed by atoms with Gasteiger partial charge in [0.15, 0.2) is 6.10 Å². The average molecular weight is 263 g/mol. The first-order valence-corrected chi connectivity index (χ1v) is 6.35. The summed E-state index contributed by atoms with van der Waals surface area (Å²) in [6, 6.07) is 4.84. The first kappa shape index (κ1) is 13.4. The van der Waals surface area contributed by atoms with Crippen LogP contribution >= 0.6 is 0 Å². The van der Waals surface area contributed by atoms with Crippen LogP contribution in [0.4, 0.5) is 5.69 Å². The maximum Gasteiger partial charge on any atom is 0.337 e. The molecule has 19 heavy (non-hydrogen) atoms. The lowest BCUT2D eigenvalue weighted by molar-refractivity contribution is -0.123. The van der Waals surface area contributed by atoms with Gasteiger partial charge in [-0.15, -0.1) is 0 Å². The molecule has 0 bridgehead atoms. The molecular weight excluding hydrogens is 246 g/mol. The second-order valence-electron chi connectivity index (χ2n) is 4.44. The molecule has 5 nitrogen and oxygen atoms in total. The number of rotatable bonds is 4. The van der Waals surface area contributed by atoms with Crippen LogP contribution in [0, 0.1) is 0 Å². The molecule has 1 heterocycles. The second kappa shape index (κ2) is 5.73. The van der Waals surface area contributed by atoms with Gasteiger partial charge in [0, 0.05) is 0 Å². The third-order valence-corrected chi connectivity index (χ3v) is 3.04. The largest absolute Gasteiger partial charge is 0.478 e. The Morgan fingerprint density at radius 3 is 2.95 bits per heavy atom. The Kier molecular flexibility index (Phi) is 4.04. The van der Waals surface area contributed by atoms with E-state index in [1.807, 2.05) is 0 Å². The summed E-state index contributed by atoms with van der Waals surface area (Å²) in [6.07, 6.45) is 2.11. The van der Waals surface area contributed by atoms with E-state index in [1.165, 1.54) is 7.11 Å². The predicted molar refractivity (Wildman–Crippen MR) is 70.4 cm³/mol. The molecule has 0 spiro atoms. The number of anilines is 1. The van der Waals surface area contributed by atoms with Gasteiger partial charge in [0.2, 0.25) is 0 Å². The summed E-state index contributed by atoms with van der Waals surface area (Å²) in [5, 5.41) is 2.79. The van der Waals surface area contributed by atoms with Crippen LogP contribution in [0.3, 0.4) is 0 Å². The molecule has 0 aliphatic carbocycles. The fourth-order valence-electron chi connectivity index (χ4n) is 1.97. The monoisotopic (exact) mass is 263 g/mol. The Bertz CT molecular complexity index is 498. The van der Waals surface area contributed by atoms with Crippen LogP contribution in [-0.4, -0.2) is 25.1 Å². The quantitative estimate of drug-likeness (QED) is 0.847. The van der Waals surface area contributed by atoms with Crippen molar-refractivity contribution in [2.24, 2.45) is 0 Å². The van der Waals surface area contributed by atoms with Crippen LogP contribution in [0.15, 0.2) is 18.2 Å². The van der Waals surface area contributed by atoms with Gasteiger partial charge in [0.1, 0.15) is 5.75 Å². The molecule has 1 atom stereocenters. The molecule has 0 radical (unpaired) electrons. The summed E-state index contributed by atoms with van der Waals surface area (Å²) < 4.78 is 10.3. The molecule has 2 rings (SSSR count). The van der Waals surface area contributed by atoms with Crippen molar-refractivity contribution in [2.45, 2.75) is 32.3 Å². The van der Waals surface area contributed by atoms with Crippen LogP contribution in [0.2, 0.25) is 0 Å². The number of carbonyl (C=O) groups excluding carboxylic acids is 2. The molecule has 1 unspecified atom stereocenters. The third kappa shape index (κ3) is 2.86. The van der Waals surface area contributed by atoms with Crippen molar-refractivity contribution in [3.8, 4) is 5.75 Å². The van der Waals surface area contributed by atoms with E-state index in [4.69, 9.17) is 4.74 Å². The maximum absolute atomic E-state index is 11.8. The summed E-state index contributed by atoms with van der Waals surface area (Å²) in [5.74, 6) is -0.0382. The van der Waals surface area contributed by atoms with E-state index in [0.29, 0.717) is 23.4 Å². The molecule has 1 N–H and O–H groups in total. The average Bonchev–Trinajstić information content (AvgIpc) is 2.43. The lowest BCUT2D eigenvalue weighted by atomic mass is 10.1. The van der Waals surface area contributed by atoms with Crippen LogP contribution in [0.1, 0.15) is 36.5 Å². The highest BCUT2D eigenvalue weighted by molar-refractivity contribution is 5.99. The number of nitrogens with one attached hydrogen (secondary N) is 1. The zero-order valence-corrected chi connectivity index (χ0v) is 11.1. The molecule has 0 fully saturated rings. The molecule has 102 valence electrons. The van der Waals surface area contributed by atoms with E-state index in [1.54, 1.807) is 18.2 Å². The number of hydrogen-bond donors (Lipinski definition) is 1. The Hall–Kier alpha value is -2.04. The minimum Gasteiger partial charge on any atom is -0.478 e. The smallest absolute Gasteiger partial charge is 0.337 e. The number of carbonyl (C=O) groups is 2. The van der Waals surface area contributed by atoms with E-state index in [2.05, 4.69) is 17.0 Å². The van der Waals surface area contributed by atoms with Gasteiger partial charge in [-0.2, -0.15) is 0 Å². The molecule has 0 saturated heterocycles. The molecule has 1 amide bonds. The number of fused-ring (bicyclic) bond motifs is 1. The predicted octanol–water partition coefficient (Wildman–Crippen LogP) is 2.36. The van der Waals surface area contributed by atoms with Gasteiger partial charge in [-0.1, -0.05) is 13.3 Å². The Morgan fingerprint density at radius 1 is 1.47 bits per heavy atom. The number of amides is 1. The van der Waals surface area contributed by atoms with Gasteiger partial charge in [0.25, 0.3) is 5.91 Å². The maximum atomic E-state index is 11.8. The van der Waals surface area contributed by atoms with E-state index >= 15 is 0 Å². The summed E-state index contributed by atoms with van der Waals surface area (Å²) in [4.78, 5) is 23.3. The number of methoxy groups -OCH3 is 1. The number of benzene rings is 1. The molecule has 0 aromatic heterocycles. The first-order valence-electron chi connectivity index (χ1n) is 6.35. The zero-order chi connectivity index (χ0) is 13.8. The Labute approximate surface area is 111 Å². The third-order valence-electron chi connectivity index (χ3n) is 3.04. The number of unbranched alkanes of at least 4 members (excludes halogenated alkanes) is 1. The molecule has 1 aliphatic heterocycles. The van der Waals surface area contributed by atoms with Crippen molar-refractivity contribution in [3.05, 3.63) is 23.8 Å². The van der Waals surface area contributed by atoms with Crippen molar-refractivity contribution in [1.82, 2.24) is 0 Å². The highest BCUT2D eigenvalue weighted by Crippen LogP contribution is 2.31. The normalized spacial score (nSPS) is 17.2. The van der Waals surface area contributed by atoms with Crippen LogP contribution < -0.4 is 10.1 Å². The van der Waals surface area contributed by atoms with Crippen molar-refractivity contribution in [2.75, 3.05) is 12.4 Å². The highest BCUT2D eigenvalue weighted by atomic mass is 16.5. The van der Waals surface area contributed by atoms with Crippen molar-refractivity contribution in [3.63, 3.8) is 0 Å². The minimum absolute atomic E-state index is 0.133. The number of hydrogen-bond acceptors (Lipinski definition) is 4.